The van der Waals surface area contributed by atoms with Crippen molar-refractivity contribution in [3.8, 4) is 0 Å². The molecule has 0 radical (unpaired) electrons. The van der Waals surface area contributed by atoms with Crippen LogP contribution in [0, 0.1) is 12.8 Å². The van der Waals surface area contributed by atoms with Crippen molar-refractivity contribution in [2.24, 2.45) is 5.92 Å². The summed E-state index contributed by atoms with van der Waals surface area (Å²) in [5, 5.41) is 15.3. The van der Waals surface area contributed by atoms with E-state index >= 15 is 0 Å². The van der Waals surface area contributed by atoms with Gasteiger partial charge < -0.3 is 25.5 Å². The van der Waals surface area contributed by atoms with E-state index in [-0.39, 0.29) is 29.7 Å². The van der Waals surface area contributed by atoms with Gasteiger partial charge in [-0.2, -0.15) is 0 Å². The Hall–Kier alpha value is -4.73. The lowest BCUT2D eigenvalue weighted by Crippen LogP contribution is -2.36. The van der Waals surface area contributed by atoms with Crippen LogP contribution in [-0.4, -0.2) is 64.9 Å². The third kappa shape index (κ3) is 7.12. The summed E-state index contributed by atoms with van der Waals surface area (Å²) in [5.74, 6) is -1.45. The summed E-state index contributed by atoms with van der Waals surface area (Å²) >= 11 is 0. The first-order valence-electron chi connectivity index (χ1n) is 14.3. The summed E-state index contributed by atoms with van der Waals surface area (Å²) in [5.41, 5.74) is 3.62. The highest BCUT2D eigenvalue weighted by molar-refractivity contribution is 6.07. The lowest BCUT2D eigenvalue weighted by Gasteiger charge is -2.27. The number of aliphatic carboxylic acids is 1. The Balaban J connectivity index is 1.40. The molecule has 0 bridgehead atoms. The molecule has 1 saturated carbocycles. The number of anilines is 2. The average Bonchev–Trinajstić information content (AvgIpc) is 3.85. The molecule has 2 fully saturated rings. The number of carboxylic acids is 1. The van der Waals surface area contributed by atoms with E-state index in [1.807, 2.05) is 36.1 Å². The van der Waals surface area contributed by atoms with E-state index in [1.54, 1.807) is 30.3 Å². The molecule has 1 atom stereocenters. The number of aromatic nitrogens is 1. The quantitative estimate of drug-likeness (QED) is 0.354. The van der Waals surface area contributed by atoms with Crippen molar-refractivity contribution in [1.82, 2.24) is 15.2 Å². The topological polar surface area (TPSA) is 132 Å². The van der Waals surface area contributed by atoms with Gasteiger partial charge in [0, 0.05) is 55.6 Å². The van der Waals surface area contributed by atoms with E-state index in [4.69, 9.17) is 0 Å². The number of hydrogen-bond donors (Lipinski definition) is 3. The summed E-state index contributed by atoms with van der Waals surface area (Å²) in [6.45, 7) is 4.49. The van der Waals surface area contributed by atoms with Crippen LogP contribution in [0.2, 0.25) is 0 Å². The Bertz CT molecular complexity index is 1460. The zero-order valence-electron chi connectivity index (χ0n) is 23.6. The predicted octanol–water partition coefficient (Wildman–Crippen LogP) is 4.04. The first-order chi connectivity index (χ1) is 20.3. The smallest absolute Gasteiger partial charge is 0.305 e. The first-order valence-corrected chi connectivity index (χ1v) is 14.3. The van der Waals surface area contributed by atoms with Crippen molar-refractivity contribution >= 4 is 35.1 Å². The fraction of sp³-hybridized carbons (Fsp3) is 0.344. The second kappa shape index (κ2) is 12.8. The maximum Gasteiger partial charge on any atom is 0.305 e. The maximum atomic E-state index is 13.4. The standard InChI is InChI=1S/C32H35N5O5/c1-21-3-5-22(6-4-21)26(20-29(38)39)34-31(41)25-9-10-28(27(19-25)35-30(40)23-11-13-33-14-12-23)36-15-2-16-37(18-17-36)32(42)24-7-8-24/h3-6,9-14,19,24,26H,2,7-8,15-18,20H2,1H3,(H,34,41)(H,35,40)(H,38,39). The molecule has 2 heterocycles. The maximum absolute atomic E-state index is 13.4. The first kappa shape index (κ1) is 28.8. The van der Waals surface area contributed by atoms with Crippen LogP contribution >= 0.6 is 0 Å². The summed E-state index contributed by atoms with van der Waals surface area (Å²) in [6.07, 6.45) is 5.51. The van der Waals surface area contributed by atoms with Crippen LogP contribution in [0.1, 0.15) is 63.6 Å². The number of nitrogens with one attached hydrogen (secondary N) is 2. The van der Waals surface area contributed by atoms with Gasteiger partial charge >= 0.3 is 5.97 Å². The van der Waals surface area contributed by atoms with Gasteiger partial charge in [0.2, 0.25) is 5.91 Å². The molecule has 5 rings (SSSR count). The minimum atomic E-state index is -1.03. The highest BCUT2D eigenvalue weighted by Crippen LogP contribution is 2.33. The fourth-order valence-electron chi connectivity index (χ4n) is 5.19. The van der Waals surface area contributed by atoms with E-state index in [1.165, 1.54) is 12.4 Å². The number of carboxylic acid groups (broad SMARTS) is 1. The number of amides is 3. The van der Waals surface area contributed by atoms with Crippen molar-refractivity contribution in [2.75, 3.05) is 36.4 Å². The van der Waals surface area contributed by atoms with Gasteiger partial charge in [0.1, 0.15) is 0 Å². The van der Waals surface area contributed by atoms with Gasteiger partial charge in [0.15, 0.2) is 0 Å². The number of aryl methyl sites for hydroxylation is 1. The SMILES string of the molecule is Cc1ccc(C(CC(=O)O)NC(=O)c2ccc(N3CCCN(C(=O)C4CC4)CC3)c(NC(=O)c3ccncc3)c2)cc1. The summed E-state index contributed by atoms with van der Waals surface area (Å²) < 4.78 is 0. The molecular formula is C32H35N5O5. The van der Waals surface area contributed by atoms with Crippen LogP contribution in [0.4, 0.5) is 11.4 Å². The molecule has 1 aliphatic carbocycles. The van der Waals surface area contributed by atoms with E-state index in [9.17, 15) is 24.3 Å². The summed E-state index contributed by atoms with van der Waals surface area (Å²) in [7, 11) is 0. The van der Waals surface area contributed by atoms with Gasteiger partial charge in [-0.1, -0.05) is 29.8 Å². The molecule has 10 heteroatoms. The molecule has 3 N–H and O–H groups in total. The molecule has 218 valence electrons. The van der Waals surface area contributed by atoms with Gasteiger partial charge in [0.25, 0.3) is 11.8 Å². The van der Waals surface area contributed by atoms with Crippen molar-refractivity contribution in [2.45, 2.75) is 38.6 Å². The molecule has 1 unspecified atom stereocenters. The Labute approximate surface area is 244 Å². The Kier molecular flexibility index (Phi) is 8.80. The molecule has 1 aliphatic heterocycles. The fourth-order valence-corrected chi connectivity index (χ4v) is 5.19. The molecule has 42 heavy (non-hydrogen) atoms. The van der Waals surface area contributed by atoms with Gasteiger partial charge in [-0.25, -0.2) is 0 Å². The van der Waals surface area contributed by atoms with Crippen LogP contribution in [0.15, 0.2) is 67.0 Å². The lowest BCUT2D eigenvalue weighted by atomic mass is 10.0. The zero-order chi connectivity index (χ0) is 29.6. The van der Waals surface area contributed by atoms with Crippen molar-refractivity contribution in [3.63, 3.8) is 0 Å². The summed E-state index contributed by atoms with van der Waals surface area (Å²) in [4.78, 5) is 58.9. The molecule has 3 amide bonds. The third-order valence-electron chi connectivity index (χ3n) is 7.69. The Morgan fingerprint density at radius 1 is 0.905 bits per heavy atom. The molecule has 2 aliphatic rings. The number of pyridine rings is 1. The van der Waals surface area contributed by atoms with Gasteiger partial charge in [0.05, 0.1) is 23.8 Å². The van der Waals surface area contributed by atoms with Gasteiger partial charge in [-0.3, -0.25) is 24.2 Å². The Morgan fingerprint density at radius 2 is 1.64 bits per heavy atom. The van der Waals surface area contributed by atoms with Crippen LogP contribution in [0.25, 0.3) is 0 Å². The number of carbonyl (C=O) groups is 4. The number of hydrogen-bond acceptors (Lipinski definition) is 6. The normalized spacial score (nSPS) is 15.8. The number of nitrogens with zero attached hydrogens (tertiary/aromatic N) is 3. The second-order valence-electron chi connectivity index (χ2n) is 10.9. The largest absolute Gasteiger partial charge is 0.481 e. The van der Waals surface area contributed by atoms with Crippen LogP contribution in [0.5, 0.6) is 0 Å². The molecule has 3 aromatic rings. The average molecular weight is 570 g/mol. The van der Waals surface area contributed by atoms with E-state index in [0.29, 0.717) is 43.0 Å². The van der Waals surface area contributed by atoms with Gasteiger partial charge in [-0.15, -0.1) is 0 Å². The van der Waals surface area contributed by atoms with E-state index in [0.717, 1.165) is 30.5 Å². The molecular weight excluding hydrogens is 534 g/mol. The van der Waals surface area contributed by atoms with Crippen LogP contribution < -0.4 is 15.5 Å². The minimum absolute atomic E-state index is 0.161. The predicted molar refractivity (Wildman–Crippen MR) is 158 cm³/mol. The third-order valence-corrected chi connectivity index (χ3v) is 7.69. The van der Waals surface area contributed by atoms with E-state index < -0.39 is 17.9 Å². The Morgan fingerprint density at radius 3 is 2.33 bits per heavy atom. The minimum Gasteiger partial charge on any atom is -0.481 e. The van der Waals surface area contributed by atoms with Crippen molar-refractivity contribution < 1.29 is 24.3 Å². The lowest BCUT2D eigenvalue weighted by molar-refractivity contribution is -0.137. The molecule has 1 saturated heterocycles. The summed E-state index contributed by atoms with van der Waals surface area (Å²) in [6, 6.07) is 14.9. The monoisotopic (exact) mass is 569 g/mol. The number of carbonyl (C=O) groups excluding carboxylic acids is 3. The molecule has 1 aromatic heterocycles. The van der Waals surface area contributed by atoms with Crippen LogP contribution in [-0.2, 0) is 9.59 Å². The molecule has 10 nitrogen and oxygen atoms in total. The van der Waals surface area contributed by atoms with Gasteiger partial charge in [-0.05, 0) is 62.1 Å². The highest BCUT2D eigenvalue weighted by Gasteiger charge is 2.34. The molecule has 2 aromatic carbocycles. The zero-order valence-corrected chi connectivity index (χ0v) is 23.6. The molecule has 0 spiro atoms. The number of rotatable bonds is 9. The van der Waals surface area contributed by atoms with Crippen molar-refractivity contribution in [3.05, 3.63) is 89.2 Å². The van der Waals surface area contributed by atoms with E-state index in [2.05, 4.69) is 20.5 Å². The van der Waals surface area contributed by atoms with Crippen LogP contribution in [0.3, 0.4) is 0 Å². The second-order valence-corrected chi connectivity index (χ2v) is 10.9. The highest BCUT2D eigenvalue weighted by atomic mass is 16.4. The number of benzene rings is 2. The van der Waals surface area contributed by atoms with Crippen molar-refractivity contribution in [1.29, 1.82) is 0 Å².